The predicted molar refractivity (Wildman–Crippen MR) is 78.6 cm³/mol. The number of piperidine rings is 1. The van der Waals surface area contributed by atoms with Crippen LogP contribution in [-0.2, 0) is 10.0 Å². The number of halogens is 3. The lowest BCUT2D eigenvalue weighted by atomic mass is 9.93. The maximum atomic E-state index is 12.5. The number of nitrogens with zero attached hydrogens (tertiary/aromatic N) is 1. The topological polar surface area (TPSA) is 49.4 Å². The van der Waals surface area contributed by atoms with E-state index in [1.165, 1.54) is 6.42 Å². The van der Waals surface area contributed by atoms with Crippen molar-refractivity contribution in [3.8, 4) is 0 Å². The fourth-order valence-corrected chi connectivity index (χ4v) is 4.02. The Hall–Kier alpha value is -0.600. The SMILES string of the molecule is O=S(=O)(N1CCC(CNC[C@H]2CC=CCC2)CC1)C(F)(F)F. The Morgan fingerprint density at radius 1 is 1.05 bits per heavy atom. The third-order valence-electron chi connectivity index (χ3n) is 4.45. The highest BCUT2D eigenvalue weighted by molar-refractivity contribution is 7.90. The molecule has 1 heterocycles. The van der Waals surface area contributed by atoms with Crippen LogP contribution in [-0.4, -0.2) is 44.4 Å². The summed E-state index contributed by atoms with van der Waals surface area (Å²) < 4.78 is 60.6. The van der Waals surface area contributed by atoms with Gasteiger partial charge in [0, 0.05) is 13.1 Å². The van der Waals surface area contributed by atoms with E-state index in [9.17, 15) is 21.6 Å². The van der Waals surface area contributed by atoms with Gasteiger partial charge >= 0.3 is 15.5 Å². The van der Waals surface area contributed by atoms with Crippen LogP contribution < -0.4 is 5.32 Å². The minimum atomic E-state index is -5.19. The van der Waals surface area contributed by atoms with Crippen LogP contribution in [0.3, 0.4) is 0 Å². The average molecular weight is 340 g/mol. The molecule has 8 heteroatoms. The Labute approximate surface area is 129 Å². The van der Waals surface area contributed by atoms with Crippen LogP contribution >= 0.6 is 0 Å². The molecule has 2 aliphatic rings. The van der Waals surface area contributed by atoms with Crippen LogP contribution in [0.15, 0.2) is 12.2 Å². The van der Waals surface area contributed by atoms with Gasteiger partial charge in [-0.1, -0.05) is 12.2 Å². The molecule has 0 aromatic heterocycles. The Morgan fingerprint density at radius 2 is 1.68 bits per heavy atom. The standard InChI is InChI=1S/C14H23F3N2O2S/c15-14(16,17)22(20,21)19-8-6-13(7-9-19)11-18-10-12-4-2-1-3-5-12/h1-2,12-13,18H,3-11H2/t12-/m0/s1. The third kappa shape index (κ3) is 4.45. The van der Waals surface area contributed by atoms with Crippen molar-refractivity contribution >= 4 is 10.0 Å². The summed E-state index contributed by atoms with van der Waals surface area (Å²) in [5.41, 5.74) is -5.19. The van der Waals surface area contributed by atoms with Crippen molar-refractivity contribution in [1.82, 2.24) is 9.62 Å². The smallest absolute Gasteiger partial charge is 0.316 e. The van der Waals surface area contributed by atoms with Crippen LogP contribution in [0.1, 0.15) is 32.1 Å². The zero-order valence-electron chi connectivity index (χ0n) is 12.5. The van der Waals surface area contributed by atoms with Crippen molar-refractivity contribution in [2.45, 2.75) is 37.6 Å². The molecule has 1 atom stereocenters. The Kier molecular flexibility index (Phi) is 5.90. The van der Waals surface area contributed by atoms with E-state index < -0.39 is 15.5 Å². The molecule has 1 N–H and O–H groups in total. The minimum Gasteiger partial charge on any atom is -0.316 e. The predicted octanol–water partition coefficient (Wildman–Crippen LogP) is 2.49. The highest BCUT2D eigenvalue weighted by atomic mass is 32.2. The largest absolute Gasteiger partial charge is 0.511 e. The van der Waals surface area contributed by atoms with Gasteiger partial charge in [0.05, 0.1) is 0 Å². The monoisotopic (exact) mass is 340 g/mol. The van der Waals surface area contributed by atoms with Crippen molar-refractivity contribution in [2.24, 2.45) is 11.8 Å². The van der Waals surface area contributed by atoms with Gasteiger partial charge in [-0.3, -0.25) is 0 Å². The van der Waals surface area contributed by atoms with E-state index in [1.54, 1.807) is 0 Å². The van der Waals surface area contributed by atoms with E-state index in [0.29, 0.717) is 23.1 Å². The molecule has 1 aliphatic carbocycles. The normalized spacial score (nSPS) is 25.5. The van der Waals surface area contributed by atoms with Gasteiger partial charge in [-0.25, -0.2) is 8.42 Å². The number of sulfonamides is 1. The quantitative estimate of drug-likeness (QED) is 0.783. The summed E-state index contributed by atoms with van der Waals surface area (Å²) in [7, 11) is -5.16. The second kappa shape index (κ2) is 7.31. The summed E-state index contributed by atoms with van der Waals surface area (Å²) in [6.07, 6.45) is 8.70. The van der Waals surface area contributed by atoms with E-state index in [4.69, 9.17) is 0 Å². The second-order valence-corrected chi connectivity index (χ2v) is 8.03. The Bertz CT molecular complexity index is 483. The zero-order valence-corrected chi connectivity index (χ0v) is 13.3. The van der Waals surface area contributed by atoms with Gasteiger partial charge in [-0.15, -0.1) is 0 Å². The molecule has 4 nitrogen and oxygen atoms in total. The fraction of sp³-hybridized carbons (Fsp3) is 0.857. The summed E-state index contributed by atoms with van der Waals surface area (Å²) in [5, 5.41) is 3.38. The number of hydrogen-bond donors (Lipinski definition) is 1. The first-order valence-corrected chi connectivity index (χ1v) is 9.17. The van der Waals surface area contributed by atoms with E-state index in [2.05, 4.69) is 17.5 Å². The highest BCUT2D eigenvalue weighted by Crippen LogP contribution is 2.30. The maximum absolute atomic E-state index is 12.5. The maximum Gasteiger partial charge on any atom is 0.511 e. The van der Waals surface area contributed by atoms with Gasteiger partial charge in [0.15, 0.2) is 0 Å². The second-order valence-electron chi connectivity index (χ2n) is 6.10. The molecule has 1 saturated heterocycles. The minimum absolute atomic E-state index is 0.0413. The summed E-state index contributed by atoms with van der Waals surface area (Å²) in [5.74, 6) is 0.884. The van der Waals surface area contributed by atoms with Gasteiger partial charge in [0.25, 0.3) is 0 Å². The highest BCUT2D eigenvalue weighted by Gasteiger charge is 2.50. The molecule has 1 aliphatic heterocycles. The van der Waals surface area contributed by atoms with Gasteiger partial charge in [-0.2, -0.15) is 17.5 Å². The Morgan fingerprint density at radius 3 is 2.23 bits per heavy atom. The van der Waals surface area contributed by atoms with Crippen molar-refractivity contribution in [1.29, 1.82) is 0 Å². The summed E-state index contributed by atoms with van der Waals surface area (Å²) in [6.45, 7) is 1.59. The van der Waals surface area contributed by atoms with Gasteiger partial charge in [-0.05, 0) is 57.0 Å². The molecule has 2 rings (SSSR count). The zero-order chi connectivity index (χ0) is 16.2. The van der Waals surface area contributed by atoms with Crippen LogP contribution in [0.2, 0.25) is 0 Å². The number of nitrogens with one attached hydrogen (secondary N) is 1. The molecule has 0 amide bonds. The van der Waals surface area contributed by atoms with Crippen LogP contribution in [0.5, 0.6) is 0 Å². The molecule has 0 unspecified atom stereocenters. The van der Waals surface area contributed by atoms with Gasteiger partial charge in [0.2, 0.25) is 0 Å². The van der Waals surface area contributed by atoms with E-state index in [1.807, 2.05) is 0 Å². The molecule has 0 aromatic carbocycles. The molecule has 1 fully saturated rings. The average Bonchev–Trinajstić information content (AvgIpc) is 2.48. The lowest BCUT2D eigenvalue weighted by Gasteiger charge is -2.32. The first kappa shape index (κ1) is 17.7. The number of hydrogen-bond acceptors (Lipinski definition) is 3. The molecule has 0 spiro atoms. The summed E-state index contributed by atoms with van der Waals surface area (Å²) >= 11 is 0. The van der Waals surface area contributed by atoms with Crippen LogP contribution in [0, 0.1) is 11.8 Å². The van der Waals surface area contributed by atoms with Crippen molar-refractivity contribution < 1.29 is 21.6 Å². The van der Waals surface area contributed by atoms with E-state index in [-0.39, 0.29) is 19.0 Å². The molecular weight excluding hydrogens is 317 g/mol. The Balaban J connectivity index is 1.70. The van der Waals surface area contributed by atoms with Crippen molar-refractivity contribution in [3.63, 3.8) is 0 Å². The number of rotatable bonds is 5. The molecule has 128 valence electrons. The van der Waals surface area contributed by atoms with E-state index >= 15 is 0 Å². The lowest BCUT2D eigenvalue weighted by molar-refractivity contribution is -0.0496. The molecule has 22 heavy (non-hydrogen) atoms. The molecule has 0 radical (unpaired) electrons. The summed E-state index contributed by atoms with van der Waals surface area (Å²) in [4.78, 5) is 0. The molecule has 0 saturated carbocycles. The summed E-state index contributed by atoms with van der Waals surface area (Å²) in [6, 6.07) is 0. The third-order valence-corrected chi connectivity index (χ3v) is 6.08. The van der Waals surface area contributed by atoms with Gasteiger partial charge < -0.3 is 5.32 Å². The molecule has 0 bridgehead atoms. The molecular formula is C14H23F3N2O2S. The fourth-order valence-electron chi connectivity index (χ4n) is 3.03. The first-order valence-electron chi connectivity index (χ1n) is 7.73. The van der Waals surface area contributed by atoms with Crippen molar-refractivity contribution in [3.05, 3.63) is 12.2 Å². The van der Waals surface area contributed by atoms with Crippen LogP contribution in [0.25, 0.3) is 0 Å². The van der Waals surface area contributed by atoms with Gasteiger partial charge in [0.1, 0.15) is 0 Å². The number of alkyl halides is 3. The number of allylic oxidation sites excluding steroid dienone is 2. The lowest BCUT2D eigenvalue weighted by Crippen LogP contribution is -2.46. The van der Waals surface area contributed by atoms with E-state index in [0.717, 1.165) is 25.9 Å². The van der Waals surface area contributed by atoms with Crippen molar-refractivity contribution in [2.75, 3.05) is 26.2 Å². The molecule has 0 aromatic rings. The first-order chi connectivity index (χ1) is 10.3. The van der Waals surface area contributed by atoms with Crippen LogP contribution in [0.4, 0.5) is 13.2 Å².